The van der Waals surface area contributed by atoms with E-state index in [2.05, 4.69) is 0 Å². The zero-order chi connectivity index (χ0) is 8.85. The summed E-state index contributed by atoms with van der Waals surface area (Å²) in [7, 11) is 0. The second kappa shape index (κ2) is 4.62. The number of aliphatic carboxylic acids is 1. The lowest BCUT2D eigenvalue weighted by atomic mass is 10.2. The molecule has 0 aliphatic carbocycles. The highest BCUT2D eigenvalue weighted by molar-refractivity contribution is 6.07. The largest absolute Gasteiger partial charge is 0.480 e. The number of hydrogen-bond donors (Lipinski definition) is 2. The number of rotatable bonds is 4. The maximum atomic E-state index is 10.8. The Hall–Kier alpha value is -1.16. The quantitative estimate of drug-likeness (QED) is 0.442. The molecule has 4 heteroatoms. The lowest BCUT2D eigenvalue weighted by Crippen LogP contribution is -2.37. The Bertz CT molecular complexity index is 186. The summed E-state index contributed by atoms with van der Waals surface area (Å²) in [6.45, 7) is 1.84. The van der Waals surface area contributed by atoms with Gasteiger partial charge in [-0.05, 0) is 12.5 Å². The van der Waals surface area contributed by atoms with Crippen molar-refractivity contribution in [1.82, 2.24) is 0 Å². The number of hydrogen-bond acceptors (Lipinski definition) is 3. The van der Waals surface area contributed by atoms with Gasteiger partial charge in [0.2, 0.25) is 0 Å². The topological polar surface area (TPSA) is 80.4 Å². The van der Waals surface area contributed by atoms with Crippen LogP contribution in [0.3, 0.4) is 0 Å². The van der Waals surface area contributed by atoms with Gasteiger partial charge >= 0.3 is 5.97 Å². The molecule has 0 amide bonds. The summed E-state index contributed by atoms with van der Waals surface area (Å²) in [5, 5.41) is 8.27. The second-order valence-corrected chi connectivity index (χ2v) is 2.03. The highest BCUT2D eigenvalue weighted by Crippen LogP contribution is 1.87. The first kappa shape index (κ1) is 9.84. The van der Waals surface area contributed by atoms with E-state index in [9.17, 15) is 9.59 Å². The third kappa shape index (κ3) is 3.52. The Morgan fingerprint density at radius 3 is 2.55 bits per heavy atom. The van der Waals surface area contributed by atoms with E-state index in [1.165, 1.54) is 6.08 Å². The first-order chi connectivity index (χ1) is 5.09. The Morgan fingerprint density at radius 2 is 2.18 bits per heavy atom. The highest BCUT2D eigenvalue weighted by Gasteiger charge is 2.17. The Balaban J connectivity index is 4.03. The van der Waals surface area contributed by atoms with E-state index in [1.807, 2.05) is 6.92 Å². The molecule has 0 saturated heterocycles. The van der Waals surface area contributed by atoms with Crippen LogP contribution >= 0.6 is 0 Å². The molecule has 1 atom stereocenters. The molecular formula is C7H11NO3. The number of carbonyl (C=O) groups is 2. The van der Waals surface area contributed by atoms with Crippen LogP contribution in [0.15, 0.2) is 12.2 Å². The zero-order valence-corrected chi connectivity index (χ0v) is 6.28. The van der Waals surface area contributed by atoms with E-state index in [4.69, 9.17) is 10.8 Å². The fourth-order valence-electron chi connectivity index (χ4n) is 0.459. The Labute approximate surface area is 64.7 Å². The van der Waals surface area contributed by atoms with Gasteiger partial charge in [-0.25, -0.2) is 0 Å². The molecule has 3 N–H and O–H groups in total. The summed E-state index contributed by atoms with van der Waals surface area (Å²) in [6, 6.07) is -1.42. The monoisotopic (exact) mass is 157 g/mol. The Morgan fingerprint density at radius 1 is 1.64 bits per heavy atom. The van der Waals surface area contributed by atoms with Crippen molar-refractivity contribution >= 4 is 11.8 Å². The molecule has 0 aromatic heterocycles. The van der Waals surface area contributed by atoms with Gasteiger partial charge in [0, 0.05) is 0 Å². The first-order valence-corrected chi connectivity index (χ1v) is 3.28. The van der Waals surface area contributed by atoms with Gasteiger partial charge in [-0.15, -0.1) is 0 Å². The van der Waals surface area contributed by atoms with E-state index in [1.54, 1.807) is 6.08 Å². The van der Waals surface area contributed by atoms with Crippen molar-refractivity contribution in [2.24, 2.45) is 5.73 Å². The van der Waals surface area contributed by atoms with Crippen molar-refractivity contribution < 1.29 is 14.7 Å². The van der Waals surface area contributed by atoms with Gasteiger partial charge < -0.3 is 10.8 Å². The number of ketones is 1. The van der Waals surface area contributed by atoms with E-state index >= 15 is 0 Å². The zero-order valence-electron chi connectivity index (χ0n) is 6.28. The number of carboxylic acids is 1. The molecule has 0 rings (SSSR count). The van der Waals surface area contributed by atoms with Gasteiger partial charge in [-0.1, -0.05) is 13.0 Å². The van der Waals surface area contributed by atoms with Gasteiger partial charge in [-0.3, -0.25) is 9.59 Å². The lowest BCUT2D eigenvalue weighted by Gasteiger charge is -1.98. The van der Waals surface area contributed by atoms with Gasteiger partial charge in [0.25, 0.3) is 0 Å². The SMILES string of the molecule is CCC=CC(=O)C(N)C(=O)O. The van der Waals surface area contributed by atoms with Gasteiger partial charge in [0.05, 0.1) is 0 Å². The number of carbonyl (C=O) groups excluding carboxylic acids is 1. The van der Waals surface area contributed by atoms with Crippen molar-refractivity contribution in [3.63, 3.8) is 0 Å². The average molecular weight is 157 g/mol. The maximum absolute atomic E-state index is 10.8. The molecule has 0 aliphatic rings. The summed E-state index contributed by atoms with van der Waals surface area (Å²) in [4.78, 5) is 20.9. The fourth-order valence-corrected chi connectivity index (χ4v) is 0.459. The predicted octanol–water partition coefficient (Wildman–Crippen LogP) is -0.0664. The minimum Gasteiger partial charge on any atom is -0.480 e. The smallest absolute Gasteiger partial charge is 0.328 e. The Kier molecular flexibility index (Phi) is 4.14. The van der Waals surface area contributed by atoms with Crippen LogP contribution in [-0.2, 0) is 9.59 Å². The van der Waals surface area contributed by atoms with Crippen molar-refractivity contribution in [3.05, 3.63) is 12.2 Å². The molecule has 0 aromatic carbocycles. The van der Waals surface area contributed by atoms with Crippen LogP contribution in [0.1, 0.15) is 13.3 Å². The normalized spacial score (nSPS) is 13.3. The molecule has 0 fully saturated rings. The summed E-state index contributed by atoms with van der Waals surface area (Å²) in [5.41, 5.74) is 5.00. The van der Waals surface area contributed by atoms with Crippen LogP contribution in [0.25, 0.3) is 0 Å². The predicted molar refractivity (Wildman–Crippen MR) is 40.0 cm³/mol. The second-order valence-electron chi connectivity index (χ2n) is 2.03. The molecular weight excluding hydrogens is 146 g/mol. The highest BCUT2D eigenvalue weighted by atomic mass is 16.4. The molecule has 0 aromatic rings. The third-order valence-electron chi connectivity index (χ3n) is 1.09. The summed E-state index contributed by atoms with van der Waals surface area (Å²) >= 11 is 0. The summed E-state index contributed by atoms with van der Waals surface area (Å²) in [6.07, 6.45) is 3.46. The number of allylic oxidation sites excluding steroid dienone is 1. The maximum Gasteiger partial charge on any atom is 0.328 e. The summed E-state index contributed by atoms with van der Waals surface area (Å²) < 4.78 is 0. The molecule has 4 nitrogen and oxygen atoms in total. The number of carboxylic acid groups (broad SMARTS) is 1. The fraction of sp³-hybridized carbons (Fsp3) is 0.429. The molecule has 11 heavy (non-hydrogen) atoms. The summed E-state index contributed by atoms with van der Waals surface area (Å²) in [5.74, 6) is -1.87. The van der Waals surface area contributed by atoms with Crippen LogP contribution in [0, 0.1) is 0 Å². The molecule has 0 bridgehead atoms. The van der Waals surface area contributed by atoms with Gasteiger partial charge in [-0.2, -0.15) is 0 Å². The lowest BCUT2D eigenvalue weighted by molar-refractivity contribution is -0.141. The minimum absolute atomic E-state index is 0.570. The molecule has 1 unspecified atom stereocenters. The van der Waals surface area contributed by atoms with Crippen LogP contribution in [0.5, 0.6) is 0 Å². The van der Waals surface area contributed by atoms with Gasteiger partial charge in [0.15, 0.2) is 11.8 Å². The van der Waals surface area contributed by atoms with Crippen LogP contribution in [0.2, 0.25) is 0 Å². The molecule has 0 saturated carbocycles. The van der Waals surface area contributed by atoms with Crippen molar-refractivity contribution in [1.29, 1.82) is 0 Å². The van der Waals surface area contributed by atoms with E-state index < -0.39 is 17.8 Å². The van der Waals surface area contributed by atoms with Gasteiger partial charge in [0.1, 0.15) is 0 Å². The van der Waals surface area contributed by atoms with Crippen LogP contribution in [-0.4, -0.2) is 22.9 Å². The molecule has 0 aliphatic heterocycles. The molecule has 0 spiro atoms. The van der Waals surface area contributed by atoms with E-state index in [0.717, 1.165) is 0 Å². The minimum atomic E-state index is -1.42. The van der Waals surface area contributed by atoms with Crippen molar-refractivity contribution in [2.75, 3.05) is 0 Å². The van der Waals surface area contributed by atoms with E-state index in [0.29, 0.717) is 6.42 Å². The standard InChI is InChI=1S/C7H11NO3/c1-2-3-4-5(9)6(8)7(10)11/h3-4,6H,2,8H2,1H3,(H,10,11). The van der Waals surface area contributed by atoms with E-state index in [-0.39, 0.29) is 0 Å². The number of nitrogens with two attached hydrogens (primary N) is 1. The van der Waals surface area contributed by atoms with Crippen LogP contribution in [0.4, 0.5) is 0 Å². The average Bonchev–Trinajstić information content (AvgIpc) is 1.98. The first-order valence-electron chi connectivity index (χ1n) is 3.28. The molecule has 62 valence electrons. The molecule has 0 heterocycles. The third-order valence-corrected chi connectivity index (χ3v) is 1.09. The van der Waals surface area contributed by atoms with Crippen molar-refractivity contribution in [3.8, 4) is 0 Å². The molecule has 0 radical (unpaired) electrons. The van der Waals surface area contributed by atoms with Crippen molar-refractivity contribution in [2.45, 2.75) is 19.4 Å². The van der Waals surface area contributed by atoms with Crippen LogP contribution < -0.4 is 5.73 Å².